The number of carbonyl (C=O) groups is 2. The molecule has 1 aromatic heterocycles. The van der Waals surface area contributed by atoms with Gasteiger partial charge in [0.2, 0.25) is 11.8 Å². The molecule has 0 radical (unpaired) electrons. The Hall–Kier alpha value is -1.85. The van der Waals surface area contributed by atoms with E-state index < -0.39 is 0 Å². The van der Waals surface area contributed by atoms with Crippen molar-refractivity contribution in [1.82, 2.24) is 9.80 Å². The molecule has 0 atom stereocenters. The minimum Gasteiger partial charge on any atom is -0.333 e. The van der Waals surface area contributed by atoms with Gasteiger partial charge in [-0.2, -0.15) is 0 Å². The third kappa shape index (κ3) is 7.00. The highest BCUT2D eigenvalue weighted by molar-refractivity contribution is 7.11. The topological polar surface area (TPSA) is 40.6 Å². The Morgan fingerprint density at radius 2 is 1.74 bits per heavy atom. The number of aryl methyl sites for hydroxylation is 1. The smallest absolute Gasteiger partial charge is 0.242 e. The highest BCUT2D eigenvalue weighted by Crippen LogP contribution is 2.19. The summed E-state index contributed by atoms with van der Waals surface area (Å²) in [6, 6.07) is 14.1. The first-order valence-electron chi connectivity index (χ1n) is 9.24. The van der Waals surface area contributed by atoms with Crippen LogP contribution in [0.25, 0.3) is 0 Å². The number of benzene rings is 1. The van der Waals surface area contributed by atoms with E-state index in [9.17, 15) is 9.59 Å². The van der Waals surface area contributed by atoms with E-state index in [0.717, 1.165) is 16.9 Å². The lowest BCUT2D eigenvalue weighted by molar-refractivity contribution is -0.141. The fourth-order valence-electron chi connectivity index (χ4n) is 2.86. The standard InChI is InChI=1S/C21H27ClN2O2S/c1-3-13-23(20(25)11-12-22)16-21(26)24(14-18-7-5-4-6-8-18)15-19-10-9-17(2)27-19/h4-10H,3,11-16H2,1-2H3. The van der Waals surface area contributed by atoms with Crippen LogP contribution in [-0.2, 0) is 22.7 Å². The number of halogens is 1. The second kappa shape index (κ2) is 11.1. The third-order valence-corrected chi connectivity index (χ3v) is 5.37. The molecule has 0 aliphatic heterocycles. The summed E-state index contributed by atoms with van der Waals surface area (Å²) in [4.78, 5) is 31.2. The molecule has 0 bridgehead atoms. The average Bonchev–Trinajstić information content (AvgIpc) is 3.06. The number of nitrogens with zero attached hydrogens (tertiary/aromatic N) is 2. The summed E-state index contributed by atoms with van der Waals surface area (Å²) in [6.45, 7) is 5.81. The van der Waals surface area contributed by atoms with E-state index in [1.165, 1.54) is 4.88 Å². The Balaban J connectivity index is 2.14. The molecule has 146 valence electrons. The van der Waals surface area contributed by atoms with Gasteiger partial charge in [0.05, 0.1) is 13.1 Å². The number of carbonyl (C=O) groups excluding carboxylic acids is 2. The maximum atomic E-state index is 13.1. The maximum absolute atomic E-state index is 13.1. The molecule has 4 nitrogen and oxygen atoms in total. The van der Waals surface area contributed by atoms with Gasteiger partial charge in [0.25, 0.3) is 0 Å². The number of amides is 2. The summed E-state index contributed by atoms with van der Waals surface area (Å²) >= 11 is 7.41. The molecule has 0 fully saturated rings. The van der Waals surface area contributed by atoms with Crippen LogP contribution >= 0.6 is 22.9 Å². The van der Waals surface area contributed by atoms with Gasteiger partial charge in [0.15, 0.2) is 0 Å². The zero-order valence-electron chi connectivity index (χ0n) is 16.0. The average molecular weight is 407 g/mol. The molecule has 6 heteroatoms. The summed E-state index contributed by atoms with van der Waals surface area (Å²) in [7, 11) is 0. The van der Waals surface area contributed by atoms with E-state index >= 15 is 0 Å². The Morgan fingerprint density at radius 1 is 1.00 bits per heavy atom. The van der Waals surface area contributed by atoms with Crippen molar-refractivity contribution in [3.8, 4) is 0 Å². The molecule has 27 heavy (non-hydrogen) atoms. The zero-order valence-corrected chi connectivity index (χ0v) is 17.6. The summed E-state index contributed by atoms with van der Waals surface area (Å²) in [5.74, 6) is 0.170. The van der Waals surface area contributed by atoms with Crippen LogP contribution in [0.2, 0.25) is 0 Å². The van der Waals surface area contributed by atoms with E-state index in [1.807, 2.05) is 42.2 Å². The van der Waals surface area contributed by atoms with Crippen molar-refractivity contribution in [2.75, 3.05) is 19.0 Å². The van der Waals surface area contributed by atoms with Crippen molar-refractivity contribution in [3.05, 3.63) is 57.8 Å². The van der Waals surface area contributed by atoms with E-state index in [2.05, 4.69) is 19.1 Å². The molecule has 2 aromatic rings. The lowest BCUT2D eigenvalue weighted by Gasteiger charge is -2.27. The first-order valence-corrected chi connectivity index (χ1v) is 10.6. The highest BCUT2D eigenvalue weighted by atomic mass is 35.5. The van der Waals surface area contributed by atoms with E-state index in [-0.39, 0.29) is 30.7 Å². The van der Waals surface area contributed by atoms with Crippen LogP contribution in [0, 0.1) is 6.92 Å². The largest absolute Gasteiger partial charge is 0.333 e. The first kappa shape index (κ1) is 21.5. The van der Waals surface area contributed by atoms with E-state index in [0.29, 0.717) is 19.6 Å². The predicted molar refractivity (Wildman–Crippen MR) is 112 cm³/mol. The van der Waals surface area contributed by atoms with E-state index in [1.54, 1.807) is 16.2 Å². The quantitative estimate of drug-likeness (QED) is 0.547. The minimum absolute atomic E-state index is 0.0405. The van der Waals surface area contributed by atoms with Gasteiger partial charge < -0.3 is 9.80 Å². The number of thiophene rings is 1. The van der Waals surface area contributed by atoms with Crippen molar-refractivity contribution in [3.63, 3.8) is 0 Å². The molecule has 0 saturated heterocycles. The number of alkyl halides is 1. The molecular formula is C21H27ClN2O2S. The summed E-state index contributed by atoms with van der Waals surface area (Å²) in [5, 5.41) is 0. The number of hydrogen-bond donors (Lipinski definition) is 0. The molecule has 2 amide bonds. The first-order chi connectivity index (χ1) is 13.0. The van der Waals surface area contributed by atoms with Gasteiger partial charge in [-0.1, -0.05) is 37.3 Å². The lowest BCUT2D eigenvalue weighted by atomic mass is 10.2. The van der Waals surface area contributed by atoms with Gasteiger partial charge in [-0.05, 0) is 31.0 Å². The lowest BCUT2D eigenvalue weighted by Crippen LogP contribution is -2.42. The second-order valence-corrected chi connectivity index (χ2v) is 8.25. The molecule has 0 spiro atoms. The Bertz CT molecular complexity index is 733. The van der Waals surface area contributed by atoms with Crippen LogP contribution in [0.1, 0.15) is 35.1 Å². The van der Waals surface area contributed by atoms with Gasteiger partial charge in [-0.3, -0.25) is 9.59 Å². The van der Waals surface area contributed by atoms with Crippen LogP contribution < -0.4 is 0 Å². The van der Waals surface area contributed by atoms with Crippen LogP contribution in [0.3, 0.4) is 0 Å². The molecule has 1 heterocycles. The molecule has 1 aromatic carbocycles. The summed E-state index contributed by atoms with van der Waals surface area (Å²) in [6.07, 6.45) is 1.07. The predicted octanol–water partition coefficient (Wildman–Crippen LogP) is 4.45. The van der Waals surface area contributed by atoms with Crippen LogP contribution in [-0.4, -0.2) is 40.6 Å². The monoisotopic (exact) mass is 406 g/mol. The molecule has 0 aliphatic carbocycles. The summed E-state index contributed by atoms with van der Waals surface area (Å²) in [5.41, 5.74) is 1.08. The van der Waals surface area contributed by atoms with Crippen molar-refractivity contribution in [2.45, 2.75) is 39.8 Å². The van der Waals surface area contributed by atoms with Gasteiger partial charge in [-0.15, -0.1) is 22.9 Å². The zero-order chi connectivity index (χ0) is 19.6. The van der Waals surface area contributed by atoms with Crippen LogP contribution in [0.5, 0.6) is 0 Å². The van der Waals surface area contributed by atoms with Gasteiger partial charge in [0.1, 0.15) is 0 Å². The second-order valence-electron chi connectivity index (χ2n) is 6.50. The van der Waals surface area contributed by atoms with Crippen LogP contribution in [0.4, 0.5) is 0 Å². The summed E-state index contributed by atoms with van der Waals surface area (Å²) < 4.78 is 0. The molecule has 0 aliphatic rings. The fourth-order valence-corrected chi connectivity index (χ4v) is 3.93. The van der Waals surface area contributed by atoms with Crippen molar-refractivity contribution >= 4 is 34.8 Å². The highest BCUT2D eigenvalue weighted by Gasteiger charge is 2.21. The Labute approximate surface area is 170 Å². The van der Waals surface area contributed by atoms with Gasteiger partial charge >= 0.3 is 0 Å². The normalized spacial score (nSPS) is 10.6. The SMILES string of the molecule is CCCN(CC(=O)N(Cc1ccccc1)Cc1ccc(C)s1)C(=O)CCCl. The third-order valence-electron chi connectivity index (χ3n) is 4.19. The van der Waals surface area contributed by atoms with Crippen molar-refractivity contribution < 1.29 is 9.59 Å². The molecule has 0 unspecified atom stereocenters. The van der Waals surface area contributed by atoms with Gasteiger partial charge in [-0.25, -0.2) is 0 Å². The molecular weight excluding hydrogens is 380 g/mol. The maximum Gasteiger partial charge on any atom is 0.242 e. The molecule has 2 rings (SSSR count). The number of rotatable bonds is 10. The Morgan fingerprint density at radius 3 is 2.33 bits per heavy atom. The minimum atomic E-state index is -0.0631. The van der Waals surface area contributed by atoms with Gasteiger partial charge in [0, 0.05) is 35.1 Å². The molecule has 0 saturated carbocycles. The Kier molecular flexibility index (Phi) is 8.82. The van der Waals surface area contributed by atoms with Crippen LogP contribution in [0.15, 0.2) is 42.5 Å². The number of hydrogen-bond acceptors (Lipinski definition) is 3. The fraction of sp³-hybridized carbons (Fsp3) is 0.429. The molecule has 0 N–H and O–H groups in total. The van der Waals surface area contributed by atoms with E-state index in [4.69, 9.17) is 11.6 Å². The van der Waals surface area contributed by atoms with Crippen molar-refractivity contribution in [2.24, 2.45) is 0 Å². The van der Waals surface area contributed by atoms with Crippen molar-refractivity contribution in [1.29, 1.82) is 0 Å².